The van der Waals surface area contributed by atoms with Gasteiger partial charge in [0.25, 0.3) is 11.8 Å². The highest BCUT2D eigenvalue weighted by Gasteiger charge is 2.51. The van der Waals surface area contributed by atoms with Gasteiger partial charge in [-0.3, -0.25) is 25.2 Å². The van der Waals surface area contributed by atoms with E-state index in [-0.39, 0.29) is 17.2 Å². The summed E-state index contributed by atoms with van der Waals surface area (Å²) in [5.41, 5.74) is 5.17. The predicted octanol–water partition coefficient (Wildman–Crippen LogP) is 2.62. The minimum Gasteiger partial charge on any atom is -0.340 e. The number of rotatable bonds is 5. The molecule has 4 bridgehead atoms. The van der Waals surface area contributed by atoms with Crippen LogP contribution < -0.4 is 16.2 Å². The van der Waals surface area contributed by atoms with E-state index in [1.165, 1.54) is 30.6 Å². The number of hydrogen-bond donors (Lipinski definition) is 3. The van der Waals surface area contributed by atoms with Gasteiger partial charge in [0.05, 0.1) is 4.88 Å². The number of thiophene rings is 1. The topological polar surface area (TPSA) is 87.3 Å². The van der Waals surface area contributed by atoms with Crippen molar-refractivity contribution >= 4 is 29.1 Å². The molecule has 0 saturated heterocycles. The smallest absolute Gasteiger partial charge is 0.261 e. The lowest BCUT2D eigenvalue weighted by Gasteiger charge is -2.56. The number of amides is 3. The second-order valence-corrected chi connectivity index (χ2v) is 9.75. The Labute approximate surface area is 163 Å². The standard InChI is InChI=1S/C20H27N3O3S/c1-12(21-19(26)16-3-2-4-27-16)18(25)23-22-17(24)11-20-8-13-5-14(9-20)7-15(6-13)10-20/h2-4,12-15H,5-11H2,1H3,(H,21,26)(H,22,24)(H,23,25). The summed E-state index contributed by atoms with van der Waals surface area (Å²) in [6.45, 7) is 1.60. The average molecular weight is 390 g/mol. The first kappa shape index (κ1) is 18.5. The van der Waals surface area contributed by atoms with Gasteiger partial charge in [-0.15, -0.1) is 11.3 Å². The Morgan fingerprint density at radius 3 is 2.30 bits per heavy atom. The summed E-state index contributed by atoms with van der Waals surface area (Å²) in [4.78, 5) is 37.2. The van der Waals surface area contributed by atoms with E-state index >= 15 is 0 Å². The first-order chi connectivity index (χ1) is 12.9. The van der Waals surface area contributed by atoms with E-state index < -0.39 is 11.9 Å². The molecule has 1 unspecified atom stereocenters. The Morgan fingerprint density at radius 1 is 1.11 bits per heavy atom. The third-order valence-corrected chi connectivity index (χ3v) is 7.38. The molecule has 1 aromatic heterocycles. The summed E-state index contributed by atoms with van der Waals surface area (Å²) >= 11 is 1.32. The fourth-order valence-corrected chi connectivity index (χ4v) is 6.50. The highest BCUT2D eigenvalue weighted by Crippen LogP contribution is 2.61. The molecule has 0 aliphatic heterocycles. The van der Waals surface area contributed by atoms with E-state index in [1.54, 1.807) is 19.1 Å². The molecule has 4 aliphatic rings. The summed E-state index contributed by atoms with van der Waals surface area (Å²) in [7, 11) is 0. The third kappa shape index (κ3) is 4.03. The van der Waals surface area contributed by atoms with E-state index in [0.29, 0.717) is 11.3 Å². The van der Waals surface area contributed by atoms with Crippen LogP contribution in [0.5, 0.6) is 0 Å². The maximum absolute atomic E-state index is 12.5. The van der Waals surface area contributed by atoms with Crippen LogP contribution in [0.15, 0.2) is 17.5 Å². The SMILES string of the molecule is CC(NC(=O)c1cccs1)C(=O)NNC(=O)CC12CC3CC(CC(C3)C1)C2. The second kappa shape index (κ2) is 7.26. The zero-order valence-electron chi connectivity index (χ0n) is 15.6. The predicted molar refractivity (Wildman–Crippen MR) is 103 cm³/mol. The van der Waals surface area contributed by atoms with E-state index in [2.05, 4.69) is 16.2 Å². The molecule has 3 amide bonds. The largest absolute Gasteiger partial charge is 0.340 e. The lowest BCUT2D eigenvalue weighted by atomic mass is 9.49. The average Bonchev–Trinajstić information content (AvgIpc) is 3.12. The molecular formula is C20H27N3O3S. The lowest BCUT2D eigenvalue weighted by Crippen LogP contribution is -2.53. The van der Waals surface area contributed by atoms with Crippen LogP contribution in [0.3, 0.4) is 0 Å². The molecule has 7 heteroatoms. The van der Waals surface area contributed by atoms with Crippen LogP contribution in [0, 0.1) is 23.2 Å². The number of carbonyl (C=O) groups is 3. The molecule has 6 nitrogen and oxygen atoms in total. The van der Waals surface area contributed by atoms with Crippen molar-refractivity contribution in [3.8, 4) is 0 Å². The highest BCUT2D eigenvalue weighted by molar-refractivity contribution is 7.12. The van der Waals surface area contributed by atoms with Gasteiger partial charge < -0.3 is 5.32 Å². The highest BCUT2D eigenvalue weighted by atomic mass is 32.1. The van der Waals surface area contributed by atoms with Crippen LogP contribution >= 0.6 is 11.3 Å². The van der Waals surface area contributed by atoms with Gasteiger partial charge in [0.1, 0.15) is 6.04 Å². The van der Waals surface area contributed by atoms with E-state index in [4.69, 9.17) is 0 Å². The minimum atomic E-state index is -0.723. The summed E-state index contributed by atoms with van der Waals surface area (Å²) in [6.07, 6.45) is 8.01. The number of nitrogens with one attached hydrogen (secondary N) is 3. The van der Waals surface area contributed by atoms with Crippen molar-refractivity contribution in [1.82, 2.24) is 16.2 Å². The van der Waals surface area contributed by atoms with Crippen molar-refractivity contribution < 1.29 is 14.4 Å². The molecular weight excluding hydrogens is 362 g/mol. The molecule has 4 fully saturated rings. The van der Waals surface area contributed by atoms with Gasteiger partial charge in [-0.05, 0) is 80.1 Å². The summed E-state index contributed by atoms with van der Waals surface area (Å²) in [6, 6.07) is 2.77. The number of hydrogen-bond acceptors (Lipinski definition) is 4. The van der Waals surface area contributed by atoms with Crippen LogP contribution in [0.2, 0.25) is 0 Å². The Bertz CT molecular complexity index is 696. The number of hydrazine groups is 1. The molecule has 1 aromatic rings. The van der Waals surface area contributed by atoms with Crippen molar-refractivity contribution in [2.75, 3.05) is 0 Å². The van der Waals surface area contributed by atoms with Gasteiger partial charge in [-0.2, -0.15) is 0 Å². The summed E-state index contributed by atoms with van der Waals surface area (Å²) in [5, 5.41) is 4.45. The van der Waals surface area contributed by atoms with Crippen LogP contribution in [0.25, 0.3) is 0 Å². The Morgan fingerprint density at radius 2 is 1.74 bits per heavy atom. The first-order valence-electron chi connectivity index (χ1n) is 9.85. The molecule has 146 valence electrons. The van der Waals surface area contributed by atoms with Crippen LogP contribution in [0.1, 0.15) is 61.5 Å². The van der Waals surface area contributed by atoms with Crippen molar-refractivity contribution in [2.24, 2.45) is 23.2 Å². The summed E-state index contributed by atoms with van der Waals surface area (Å²) in [5.74, 6) is 1.57. The molecule has 1 atom stereocenters. The van der Waals surface area contributed by atoms with Crippen LogP contribution in [-0.2, 0) is 9.59 Å². The molecule has 0 radical (unpaired) electrons. The third-order valence-electron chi connectivity index (χ3n) is 6.51. The van der Waals surface area contributed by atoms with Gasteiger partial charge in [0.2, 0.25) is 5.91 Å². The van der Waals surface area contributed by atoms with Crippen molar-refractivity contribution in [1.29, 1.82) is 0 Å². The maximum atomic E-state index is 12.5. The molecule has 27 heavy (non-hydrogen) atoms. The van der Waals surface area contributed by atoms with E-state index in [1.807, 2.05) is 5.38 Å². The molecule has 1 heterocycles. The summed E-state index contributed by atoms with van der Waals surface area (Å²) < 4.78 is 0. The first-order valence-corrected chi connectivity index (χ1v) is 10.7. The number of carbonyl (C=O) groups excluding carboxylic acids is 3. The van der Waals surface area contributed by atoms with Crippen LogP contribution in [-0.4, -0.2) is 23.8 Å². The lowest BCUT2D eigenvalue weighted by molar-refractivity contribution is -0.134. The van der Waals surface area contributed by atoms with E-state index in [9.17, 15) is 14.4 Å². The minimum absolute atomic E-state index is 0.123. The molecule has 0 aromatic carbocycles. The molecule has 4 saturated carbocycles. The normalized spacial score (nSPS) is 32.0. The molecule has 0 spiro atoms. The Balaban J connectivity index is 1.24. The van der Waals surface area contributed by atoms with Crippen LogP contribution in [0.4, 0.5) is 0 Å². The van der Waals surface area contributed by atoms with Crippen molar-refractivity contribution in [3.05, 3.63) is 22.4 Å². The molecule has 4 aliphatic carbocycles. The zero-order valence-corrected chi connectivity index (χ0v) is 16.4. The monoisotopic (exact) mass is 389 g/mol. The quantitative estimate of drug-likeness (QED) is 0.677. The van der Waals surface area contributed by atoms with E-state index in [0.717, 1.165) is 37.0 Å². The van der Waals surface area contributed by atoms with Gasteiger partial charge in [0, 0.05) is 6.42 Å². The Kier molecular flexibility index (Phi) is 4.97. The van der Waals surface area contributed by atoms with Gasteiger partial charge in [0.15, 0.2) is 0 Å². The zero-order chi connectivity index (χ0) is 19.0. The molecule has 3 N–H and O–H groups in total. The van der Waals surface area contributed by atoms with Gasteiger partial charge in [-0.25, -0.2) is 0 Å². The van der Waals surface area contributed by atoms with Gasteiger partial charge in [-0.1, -0.05) is 6.07 Å². The Hall–Kier alpha value is -1.89. The second-order valence-electron chi connectivity index (χ2n) is 8.80. The maximum Gasteiger partial charge on any atom is 0.261 e. The fourth-order valence-electron chi connectivity index (χ4n) is 5.87. The van der Waals surface area contributed by atoms with Crippen molar-refractivity contribution in [2.45, 2.75) is 57.9 Å². The van der Waals surface area contributed by atoms with Crippen molar-refractivity contribution in [3.63, 3.8) is 0 Å². The molecule has 5 rings (SSSR count). The fraction of sp³-hybridized carbons (Fsp3) is 0.650. The van der Waals surface area contributed by atoms with Gasteiger partial charge >= 0.3 is 0 Å².